The largest absolute Gasteiger partial charge is 0.490 e. The lowest BCUT2D eigenvalue weighted by Gasteiger charge is -2.15. The highest BCUT2D eigenvalue weighted by Gasteiger charge is 2.15. The monoisotopic (exact) mass is 267 g/mol. The van der Waals surface area contributed by atoms with Gasteiger partial charge in [0.2, 0.25) is 5.91 Å². The number of anilines is 1. The summed E-state index contributed by atoms with van der Waals surface area (Å²) in [6.45, 7) is 2.64. The SMILES string of the molecule is CCN(C)C(=O)CNc1ccc([N+](=O)[O-])c(OC)c1. The van der Waals surface area contributed by atoms with Crippen LogP contribution in [0.4, 0.5) is 11.4 Å². The molecule has 0 unspecified atom stereocenters. The minimum atomic E-state index is -0.515. The molecule has 0 heterocycles. The second-order valence-corrected chi connectivity index (χ2v) is 3.91. The van der Waals surface area contributed by atoms with Crippen molar-refractivity contribution in [2.24, 2.45) is 0 Å². The van der Waals surface area contributed by atoms with Crippen molar-refractivity contribution in [3.05, 3.63) is 28.3 Å². The van der Waals surface area contributed by atoms with E-state index >= 15 is 0 Å². The molecule has 1 aromatic carbocycles. The molecule has 1 N–H and O–H groups in total. The molecule has 19 heavy (non-hydrogen) atoms. The van der Waals surface area contributed by atoms with Crippen molar-refractivity contribution in [2.75, 3.05) is 32.6 Å². The highest BCUT2D eigenvalue weighted by molar-refractivity contribution is 5.80. The summed E-state index contributed by atoms with van der Waals surface area (Å²) in [5.41, 5.74) is 0.491. The van der Waals surface area contributed by atoms with E-state index in [4.69, 9.17) is 4.74 Å². The number of nitro benzene ring substituents is 1. The fourth-order valence-electron chi connectivity index (χ4n) is 1.43. The number of carbonyl (C=O) groups is 1. The smallest absolute Gasteiger partial charge is 0.311 e. The second kappa shape index (κ2) is 6.58. The van der Waals surface area contributed by atoms with Gasteiger partial charge in [-0.05, 0) is 13.0 Å². The number of rotatable bonds is 6. The van der Waals surface area contributed by atoms with Gasteiger partial charge in [0, 0.05) is 31.4 Å². The van der Waals surface area contributed by atoms with Crippen LogP contribution in [-0.2, 0) is 4.79 Å². The van der Waals surface area contributed by atoms with E-state index in [1.807, 2.05) is 6.92 Å². The van der Waals surface area contributed by atoms with E-state index in [9.17, 15) is 14.9 Å². The van der Waals surface area contributed by atoms with Gasteiger partial charge in [-0.25, -0.2) is 0 Å². The molecule has 0 aliphatic carbocycles. The van der Waals surface area contributed by atoms with Gasteiger partial charge < -0.3 is 15.0 Å². The molecule has 0 saturated carbocycles. The molecule has 0 aliphatic rings. The summed E-state index contributed by atoms with van der Waals surface area (Å²) in [4.78, 5) is 23.4. The number of carbonyl (C=O) groups excluding carboxylic acids is 1. The molecule has 104 valence electrons. The average molecular weight is 267 g/mol. The molecule has 7 nitrogen and oxygen atoms in total. The lowest BCUT2D eigenvalue weighted by Crippen LogP contribution is -2.31. The Balaban J connectivity index is 2.75. The Kier molecular flexibility index (Phi) is 5.11. The molecule has 1 amide bonds. The molecule has 0 saturated heterocycles. The molecule has 1 aromatic rings. The number of hydrogen-bond donors (Lipinski definition) is 1. The van der Waals surface area contributed by atoms with E-state index in [0.29, 0.717) is 12.2 Å². The van der Waals surface area contributed by atoms with Crippen molar-refractivity contribution < 1.29 is 14.5 Å². The van der Waals surface area contributed by atoms with Crippen LogP contribution in [0, 0.1) is 10.1 Å². The van der Waals surface area contributed by atoms with Gasteiger partial charge in [-0.15, -0.1) is 0 Å². The van der Waals surface area contributed by atoms with E-state index in [2.05, 4.69) is 5.32 Å². The molecule has 0 aromatic heterocycles. The van der Waals surface area contributed by atoms with Crippen LogP contribution in [0.1, 0.15) is 6.92 Å². The molecule has 0 atom stereocenters. The zero-order chi connectivity index (χ0) is 14.4. The molecule has 0 aliphatic heterocycles. The summed E-state index contributed by atoms with van der Waals surface area (Å²) in [7, 11) is 3.07. The Bertz CT molecular complexity index is 476. The number of nitrogens with one attached hydrogen (secondary N) is 1. The third-order valence-corrected chi connectivity index (χ3v) is 2.72. The van der Waals surface area contributed by atoms with Crippen LogP contribution < -0.4 is 10.1 Å². The Morgan fingerprint density at radius 1 is 1.53 bits per heavy atom. The summed E-state index contributed by atoms with van der Waals surface area (Å²) in [5, 5.41) is 13.6. The number of likely N-dealkylation sites (N-methyl/N-ethyl adjacent to an activating group) is 1. The number of amides is 1. The van der Waals surface area contributed by atoms with Gasteiger partial charge in [0.25, 0.3) is 0 Å². The predicted molar refractivity (Wildman–Crippen MR) is 71.4 cm³/mol. The van der Waals surface area contributed by atoms with Gasteiger partial charge in [0.05, 0.1) is 18.6 Å². The van der Waals surface area contributed by atoms with Crippen LogP contribution >= 0.6 is 0 Å². The zero-order valence-electron chi connectivity index (χ0n) is 11.2. The Morgan fingerprint density at radius 3 is 2.74 bits per heavy atom. The predicted octanol–water partition coefficient (Wildman–Crippen LogP) is 1.49. The zero-order valence-corrected chi connectivity index (χ0v) is 11.2. The minimum absolute atomic E-state index is 0.0557. The second-order valence-electron chi connectivity index (χ2n) is 3.91. The highest BCUT2D eigenvalue weighted by Crippen LogP contribution is 2.29. The van der Waals surface area contributed by atoms with Crippen LogP contribution in [0.15, 0.2) is 18.2 Å². The number of nitrogens with zero attached hydrogens (tertiary/aromatic N) is 2. The molecule has 0 bridgehead atoms. The van der Waals surface area contributed by atoms with E-state index in [-0.39, 0.29) is 23.9 Å². The van der Waals surface area contributed by atoms with Gasteiger partial charge in [-0.3, -0.25) is 14.9 Å². The third-order valence-electron chi connectivity index (χ3n) is 2.72. The fourth-order valence-corrected chi connectivity index (χ4v) is 1.43. The first-order chi connectivity index (χ1) is 8.99. The number of hydrogen-bond acceptors (Lipinski definition) is 5. The highest BCUT2D eigenvalue weighted by atomic mass is 16.6. The lowest BCUT2D eigenvalue weighted by atomic mass is 10.2. The molecule has 1 rings (SSSR count). The van der Waals surface area contributed by atoms with E-state index in [1.165, 1.54) is 19.2 Å². The van der Waals surface area contributed by atoms with Crippen LogP contribution in [0.3, 0.4) is 0 Å². The first-order valence-corrected chi connectivity index (χ1v) is 5.79. The Morgan fingerprint density at radius 2 is 2.21 bits per heavy atom. The van der Waals surface area contributed by atoms with Crippen LogP contribution in [0.5, 0.6) is 5.75 Å². The van der Waals surface area contributed by atoms with Gasteiger partial charge >= 0.3 is 5.69 Å². The first kappa shape index (κ1) is 14.7. The van der Waals surface area contributed by atoms with Crippen LogP contribution in [0.25, 0.3) is 0 Å². The molecule has 0 radical (unpaired) electrons. The fraction of sp³-hybridized carbons (Fsp3) is 0.417. The number of ether oxygens (including phenoxy) is 1. The number of benzene rings is 1. The van der Waals surface area contributed by atoms with Crippen molar-refractivity contribution in [1.29, 1.82) is 0 Å². The first-order valence-electron chi connectivity index (χ1n) is 5.79. The molecule has 0 fully saturated rings. The van der Waals surface area contributed by atoms with E-state index in [0.717, 1.165) is 0 Å². The van der Waals surface area contributed by atoms with Gasteiger partial charge in [-0.2, -0.15) is 0 Å². The molecular formula is C12H17N3O4. The maximum atomic E-state index is 11.6. The average Bonchev–Trinajstić information content (AvgIpc) is 2.43. The number of methoxy groups -OCH3 is 1. The van der Waals surface area contributed by atoms with Gasteiger partial charge in [0.1, 0.15) is 0 Å². The summed E-state index contributed by atoms with van der Waals surface area (Å²) in [6.07, 6.45) is 0. The van der Waals surface area contributed by atoms with Crippen LogP contribution in [-0.4, -0.2) is 43.0 Å². The summed E-state index contributed by atoms with van der Waals surface area (Å²) in [5.74, 6) is 0.103. The minimum Gasteiger partial charge on any atom is -0.490 e. The summed E-state index contributed by atoms with van der Waals surface area (Å²) < 4.78 is 4.95. The van der Waals surface area contributed by atoms with Gasteiger partial charge in [-0.1, -0.05) is 0 Å². The quantitative estimate of drug-likeness (QED) is 0.623. The molecule has 7 heteroatoms. The maximum Gasteiger partial charge on any atom is 0.311 e. The van der Waals surface area contributed by atoms with Crippen LogP contribution in [0.2, 0.25) is 0 Å². The third kappa shape index (κ3) is 3.84. The van der Waals surface area contributed by atoms with Crippen molar-refractivity contribution in [3.63, 3.8) is 0 Å². The standard InChI is InChI=1S/C12H17N3O4/c1-4-14(2)12(16)8-13-9-5-6-10(15(17)18)11(7-9)19-3/h5-7,13H,4,8H2,1-3H3. The maximum absolute atomic E-state index is 11.6. The molecular weight excluding hydrogens is 250 g/mol. The Labute approximate surface area is 111 Å². The summed E-state index contributed by atoms with van der Waals surface area (Å²) in [6, 6.07) is 4.38. The molecule has 0 spiro atoms. The van der Waals surface area contributed by atoms with Crippen molar-refractivity contribution in [3.8, 4) is 5.75 Å². The topological polar surface area (TPSA) is 84.7 Å². The van der Waals surface area contributed by atoms with E-state index < -0.39 is 4.92 Å². The lowest BCUT2D eigenvalue weighted by molar-refractivity contribution is -0.385. The normalized spacial score (nSPS) is 9.84. The van der Waals surface area contributed by atoms with Gasteiger partial charge in [0.15, 0.2) is 5.75 Å². The van der Waals surface area contributed by atoms with Crippen molar-refractivity contribution >= 4 is 17.3 Å². The Hall–Kier alpha value is -2.31. The van der Waals surface area contributed by atoms with Crippen molar-refractivity contribution in [2.45, 2.75) is 6.92 Å². The summed E-state index contributed by atoms with van der Waals surface area (Å²) >= 11 is 0. The number of nitro groups is 1. The van der Waals surface area contributed by atoms with E-state index in [1.54, 1.807) is 18.0 Å². The van der Waals surface area contributed by atoms with Crippen molar-refractivity contribution in [1.82, 2.24) is 4.90 Å².